The molecule has 0 atom stereocenters. The van der Waals surface area contributed by atoms with Crippen LogP contribution in [-0.2, 0) is 12.7 Å². The molecular weight excluding hydrogens is 193 g/mol. The van der Waals surface area contributed by atoms with Gasteiger partial charge in [-0.2, -0.15) is 5.10 Å². The van der Waals surface area contributed by atoms with Crippen LogP contribution < -0.4 is 5.73 Å². The Morgan fingerprint density at radius 2 is 2.07 bits per heavy atom. The van der Waals surface area contributed by atoms with Crippen LogP contribution in [0.3, 0.4) is 0 Å². The van der Waals surface area contributed by atoms with Crippen molar-refractivity contribution in [2.24, 2.45) is 7.05 Å². The van der Waals surface area contributed by atoms with E-state index < -0.39 is 5.67 Å². The number of fused-ring (bicyclic) bond motifs is 1. The average Bonchev–Trinajstić information content (AvgIpc) is 2.44. The molecule has 1 aromatic carbocycles. The molecule has 2 rings (SSSR count). The fourth-order valence-corrected chi connectivity index (χ4v) is 1.81. The number of anilines is 1. The average molecular weight is 207 g/mol. The van der Waals surface area contributed by atoms with Gasteiger partial charge in [0.25, 0.3) is 0 Å². The summed E-state index contributed by atoms with van der Waals surface area (Å²) in [7, 11) is 1.77. The van der Waals surface area contributed by atoms with Crippen LogP contribution in [-0.4, -0.2) is 9.78 Å². The van der Waals surface area contributed by atoms with Gasteiger partial charge >= 0.3 is 0 Å². The fourth-order valence-electron chi connectivity index (χ4n) is 1.81. The molecule has 0 fully saturated rings. The zero-order chi connectivity index (χ0) is 11.2. The molecule has 2 N–H and O–H groups in total. The van der Waals surface area contributed by atoms with Crippen molar-refractivity contribution in [3.05, 3.63) is 23.9 Å². The zero-order valence-corrected chi connectivity index (χ0v) is 9.08. The predicted octanol–water partition coefficient (Wildman–Crippen LogP) is 2.36. The maximum Gasteiger partial charge on any atom is 0.149 e. The Morgan fingerprint density at radius 1 is 1.40 bits per heavy atom. The van der Waals surface area contributed by atoms with E-state index in [1.165, 1.54) is 13.8 Å². The molecule has 0 saturated carbocycles. The lowest BCUT2D eigenvalue weighted by Crippen LogP contribution is -2.10. The molecule has 0 saturated heterocycles. The number of hydrogen-bond acceptors (Lipinski definition) is 2. The molecule has 0 aliphatic heterocycles. The summed E-state index contributed by atoms with van der Waals surface area (Å²) in [4.78, 5) is 0. The highest BCUT2D eigenvalue weighted by Crippen LogP contribution is 2.32. The summed E-state index contributed by atoms with van der Waals surface area (Å²) in [5, 5.41) is 4.97. The van der Waals surface area contributed by atoms with Gasteiger partial charge in [0.05, 0.1) is 11.2 Å². The summed E-state index contributed by atoms with van der Waals surface area (Å²) in [5.74, 6) is 0. The molecule has 4 heteroatoms. The van der Waals surface area contributed by atoms with Crippen molar-refractivity contribution in [1.29, 1.82) is 0 Å². The van der Waals surface area contributed by atoms with Crippen LogP contribution in [0.15, 0.2) is 18.2 Å². The van der Waals surface area contributed by atoms with Crippen LogP contribution in [0.2, 0.25) is 0 Å². The third-order valence-electron chi connectivity index (χ3n) is 2.46. The Kier molecular flexibility index (Phi) is 1.96. The van der Waals surface area contributed by atoms with Crippen molar-refractivity contribution in [3.8, 4) is 0 Å². The van der Waals surface area contributed by atoms with Crippen LogP contribution in [0.4, 0.5) is 10.1 Å². The van der Waals surface area contributed by atoms with E-state index in [-0.39, 0.29) is 0 Å². The number of rotatable bonds is 1. The Morgan fingerprint density at radius 3 is 2.67 bits per heavy atom. The van der Waals surface area contributed by atoms with Gasteiger partial charge in [-0.25, -0.2) is 4.39 Å². The first-order valence-corrected chi connectivity index (χ1v) is 4.82. The second-order valence-corrected chi connectivity index (χ2v) is 4.19. The number of nitrogens with two attached hydrogens (primary N) is 1. The number of aromatic nitrogens is 2. The minimum atomic E-state index is -1.45. The van der Waals surface area contributed by atoms with E-state index in [4.69, 9.17) is 5.73 Å². The summed E-state index contributed by atoms with van der Waals surface area (Å²) in [6.45, 7) is 3.00. The molecule has 0 aliphatic carbocycles. The Labute approximate surface area is 87.7 Å². The number of para-hydroxylation sites is 1. The monoisotopic (exact) mass is 207 g/mol. The van der Waals surface area contributed by atoms with E-state index >= 15 is 0 Å². The second-order valence-electron chi connectivity index (χ2n) is 4.19. The molecule has 15 heavy (non-hydrogen) atoms. The smallest absolute Gasteiger partial charge is 0.149 e. The highest BCUT2D eigenvalue weighted by molar-refractivity contribution is 5.92. The van der Waals surface area contributed by atoms with Gasteiger partial charge in [0.15, 0.2) is 0 Å². The maximum absolute atomic E-state index is 13.9. The Balaban J connectivity index is 2.85. The number of hydrogen-bond donors (Lipinski definition) is 1. The first kappa shape index (κ1) is 9.96. The largest absolute Gasteiger partial charge is 0.397 e. The van der Waals surface area contributed by atoms with Crippen LogP contribution >= 0.6 is 0 Å². The lowest BCUT2D eigenvalue weighted by molar-refractivity contribution is 0.215. The van der Waals surface area contributed by atoms with Crippen molar-refractivity contribution in [3.63, 3.8) is 0 Å². The third-order valence-corrected chi connectivity index (χ3v) is 2.46. The topological polar surface area (TPSA) is 43.8 Å². The standard InChI is InChI=1S/C11H14FN3/c1-11(2,12)10-7-5-4-6-8(13)9(7)15(3)14-10/h4-6H,13H2,1-3H3. The molecule has 0 spiro atoms. The Bertz CT molecular complexity index is 508. The van der Waals surface area contributed by atoms with Gasteiger partial charge in [-0.15, -0.1) is 0 Å². The zero-order valence-electron chi connectivity index (χ0n) is 9.08. The highest BCUT2D eigenvalue weighted by Gasteiger charge is 2.26. The third kappa shape index (κ3) is 1.46. The first-order valence-electron chi connectivity index (χ1n) is 4.82. The van der Waals surface area contributed by atoms with Gasteiger partial charge < -0.3 is 5.73 Å². The number of halogens is 1. The molecule has 0 radical (unpaired) electrons. The van der Waals surface area contributed by atoms with Gasteiger partial charge in [0.1, 0.15) is 11.4 Å². The van der Waals surface area contributed by atoms with Crippen LogP contribution in [0.25, 0.3) is 10.9 Å². The van der Waals surface area contributed by atoms with Crippen LogP contribution in [0, 0.1) is 0 Å². The normalized spacial score (nSPS) is 12.3. The fraction of sp³-hybridized carbons (Fsp3) is 0.364. The predicted molar refractivity (Wildman–Crippen MR) is 59.3 cm³/mol. The molecule has 2 aromatic rings. The van der Waals surface area contributed by atoms with Crippen LogP contribution in [0.5, 0.6) is 0 Å². The second kappa shape index (κ2) is 2.95. The summed E-state index contributed by atoms with van der Waals surface area (Å²) in [6, 6.07) is 5.45. The molecular formula is C11H14FN3. The quantitative estimate of drug-likeness (QED) is 0.729. The minimum absolute atomic E-state index is 0.437. The minimum Gasteiger partial charge on any atom is -0.397 e. The molecule has 0 aliphatic rings. The molecule has 0 amide bonds. The van der Waals surface area contributed by atoms with Crippen LogP contribution in [0.1, 0.15) is 19.5 Å². The summed E-state index contributed by atoms with van der Waals surface area (Å²) >= 11 is 0. The van der Waals surface area contributed by atoms with Crippen molar-refractivity contribution >= 4 is 16.6 Å². The van der Waals surface area contributed by atoms with Crippen molar-refractivity contribution in [1.82, 2.24) is 9.78 Å². The number of benzene rings is 1. The lowest BCUT2D eigenvalue weighted by atomic mass is 10.0. The lowest BCUT2D eigenvalue weighted by Gasteiger charge is -2.10. The molecule has 0 unspecified atom stereocenters. The van der Waals surface area contributed by atoms with Gasteiger partial charge in [0.2, 0.25) is 0 Å². The van der Waals surface area contributed by atoms with E-state index in [2.05, 4.69) is 5.10 Å². The van der Waals surface area contributed by atoms with E-state index in [9.17, 15) is 4.39 Å². The van der Waals surface area contributed by atoms with Gasteiger partial charge in [-0.3, -0.25) is 4.68 Å². The molecule has 80 valence electrons. The maximum atomic E-state index is 13.9. The van der Waals surface area contributed by atoms with E-state index in [1.54, 1.807) is 17.8 Å². The molecule has 1 aromatic heterocycles. The number of alkyl halides is 1. The van der Waals surface area contributed by atoms with Gasteiger partial charge in [-0.1, -0.05) is 12.1 Å². The Hall–Kier alpha value is -1.58. The summed E-state index contributed by atoms with van der Waals surface area (Å²) < 4.78 is 15.5. The molecule has 3 nitrogen and oxygen atoms in total. The van der Waals surface area contributed by atoms with Crippen molar-refractivity contribution in [2.45, 2.75) is 19.5 Å². The van der Waals surface area contributed by atoms with E-state index in [0.717, 1.165) is 10.9 Å². The SMILES string of the molecule is Cn1nc(C(C)(C)F)c2cccc(N)c21. The summed E-state index contributed by atoms with van der Waals surface area (Å²) in [6.07, 6.45) is 0. The first-order chi connectivity index (χ1) is 6.91. The molecule has 1 heterocycles. The van der Waals surface area contributed by atoms with Crippen molar-refractivity contribution < 1.29 is 4.39 Å². The summed E-state index contributed by atoms with van der Waals surface area (Å²) in [5.41, 5.74) is 6.23. The van der Waals surface area contributed by atoms with E-state index in [0.29, 0.717) is 11.4 Å². The number of nitrogens with zero attached hydrogens (tertiary/aromatic N) is 2. The number of aryl methyl sites for hydroxylation is 1. The highest BCUT2D eigenvalue weighted by atomic mass is 19.1. The number of nitrogen functional groups attached to an aromatic ring is 1. The van der Waals surface area contributed by atoms with Gasteiger partial charge in [-0.05, 0) is 19.9 Å². The van der Waals surface area contributed by atoms with E-state index in [1.807, 2.05) is 12.1 Å². The van der Waals surface area contributed by atoms with Gasteiger partial charge in [0, 0.05) is 12.4 Å². The van der Waals surface area contributed by atoms with Crippen molar-refractivity contribution in [2.75, 3.05) is 5.73 Å². The molecule has 0 bridgehead atoms.